The van der Waals surface area contributed by atoms with Crippen molar-refractivity contribution in [3.05, 3.63) is 23.8 Å². The van der Waals surface area contributed by atoms with Gasteiger partial charge in [0.2, 0.25) is 0 Å². The smallest absolute Gasteiger partial charge is 0.394 e. The van der Waals surface area contributed by atoms with E-state index in [1.54, 1.807) is 12.1 Å². The van der Waals surface area contributed by atoms with Crippen molar-refractivity contribution >= 4 is 16.1 Å². The van der Waals surface area contributed by atoms with Gasteiger partial charge in [0.05, 0.1) is 6.61 Å². The number of aliphatic hydroxyl groups excluding tert-OH is 1. The van der Waals surface area contributed by atoms with Crippen LogP contribution in [0.4, 0.5) is 5.69 Å². The van der Waals surface area contributed by atoms with Gasteiger partial charge in [0.1, 0.15) is 5.75 Å². The highest BCUT2D eigenvalue weighted by molar-refractivity contribution is 7.79. The van der Waals surface area contributed by atoms with Gasteiger partial charge in [-0.2, -0.15) is 8.42 Å². The molecule has 0 aliphatic heterocycles. The summed E-state index contributed by atoms with van der Waals surface area (Å²) in [6.07, 6.45) is 0. The highest BCUT2D eigenvalue weighted by atomic mass is 32.3. The third-order valence-electron chi connectivity index (χ3n) is 1.65. The largest absolute Gasteiger partial charge is 0.508 e. The normalized spacial score (nSPS) is 10.4. The van der Waals surface area contributed by atoms with E-state index < -0.39 is 10.4 Å². The Bertz CT molecular complexity index is 437. The molecule has 1 rings (SSSR count). The molecular weight excluding hydrogens is 250 g/mol. The van der Waals surface area contributed by atoms with Gasteiger partial charge < -0.3 is 15.5 Å². The lowest BCUT2D eigenvalue weighted by molar-refractivity contribution is 0.311. The molecule has 0 fully saturated rings. The fourth-order valence-corrected chi connectivity index (χ4v) is 0.991. The fourth-order valence-electron chi connectivity index (χ4n) is 0.991. The molecule has 0 atom stereocenters. The number of nitrogens with one attached hydrogen (secondary N) is 1. The van der Waals surface area contributed by atoms with Crippen molar-refractivity contribution in [2.45, 2.75) is 6.92 Å². The van der Waals surface area contributed by atoms with Crippen LogP contribution in [-0.4, -0.2) is 40.9 Å². The van der Waals surface area contributed by atoms with Crippen LogP contribution in [0.25, 0.3) is 0 Å². The molecule has 1 aromatic rings. The summed E-state index contributed by atoms with van der Waals surface area (Å²) in [5.74, 6) is 0.237. The molecule has 0 heterocycles. The lowest BCUT2D eigenvalue weighted by atomic mass is 10.2. The van der Waals surface area contributed by atoms with Crippen LogP contribution in [0.2, 0.25) is 0 Å². The molecule has 0 saturated carbocycles. The first-order chi connectivity index (χ1) is 7.74. The van der Waals surface area contributed by atoms with Crippen molar-refractivity contribution in [1.29, 1.82) is 0 Å². The van der Waals surface area contributed by atoms with Gasteiger partial charge in [0.25, 0.3) is 0 Å². The van der Waals surface area contributed by atoms with Gasteiger partial charge in [-0.1, -0.05) is 6.07 Å². The molecule has 0 aliphatic carbocycles. The third-order valence-corrected chi connectivity index (χ3v) is 1.65. The van der Waals surface area contributed by atoms with E-state index in [1.807, 2.05) is 13.0 Å². The van der Waals surface area contributed by atoms with Crippen LogP contribution in [0.15, 0.2) is 18.2 Å². The number of aryl methyl sites for hydroxylation is 1. The Morgan fingerprint density at radius 1 is 1.29 bits per heavy atom. The number of rotatable bonds is 3. The number of aliphatic hydroxyl groups is 1. The molecule has 5 N–H and O–H groups in total. The van der Waals surface area contributed by atoms with E-state index in [2.05, 4.69) is 5.32 Å². The van der Waals surface area contributed by atoms with Crippen molar-refractivity contribution in [2.75, 3.05) is 18.5 Å². The van der Waals surface area contributed by atoms with Crippen molar-refractivity contribution in [3.63, 3.8) is 0 Å². The first-order valence-corrected chi connectivity index (χ1v) is 5.98. The summed E-state index contributed by atoms with van der Waals surface area (Å²) in [5, 5.41) is 20.7. The minimum absolute atomic E-state index is 0.0924. The molecule has 17 heavy (non-hydrogen) atoms. The molecule has 0 unspecified atom stereocenters. The maximum atomic E-state index is 9.13. The number of benzene rings is 1. The van der Waals surface area contributed by atoms with Crippen molar-refractivity contribution < 1.29 is 27.7 Å². The zero-order valence-corrected chi connectivity index (χ0v) is 9.98. The van der Waals surface area contributed by atoms with Crippen LogP contribution in [-0.2, 0) is 10.4 Å². The number of hydrogen-bond donors (Lipinski definition) is 5. The monoisotopic (exact) mass is 265 g/mol. The van der Waals surface area contributed by atoms with Crippen molar-refractivity contribution in [2.24, 2.45) is 0 Å². The zero-order chi connectivity index (χ0) is 13.5. The standard InChI is InChI=1S/C9H13NO2.H2O4S/c1-7-2-3-8(12)6-9(7)10-4-5-11;1-5(2,3)4/h2-3,6,10-12H,4-5H2,1H3;(H2,1,2,3,4). The first kappa shape index (κ1) is 15.7. The lowest BCUT2D eigenvalue weighted by Gasteiger charge is -2.07. The van der Waals surface area contributed by atoms with E-state index >= 15 is 0 Å². The summed E-state index contributed by atoms with van der Waals surface area (Å²) in [7, 11) is -4.67. The molecule has 7 nitrogen and oxygen atoms in total. The Morgan fingerprint density at radius 3 is 2.29 bits per heavy atom. The Balaban J connectivity index is 0.000000437. The van der Waals surface area contributed by atoms with Crippen molar-refractivity contribution in [1.82, 2.24) is 0 Å². The summed E-state index contributed by atoms with van der Waals surface area (Å²) < 4.78 is 31.6. The fraction of sp³-hybridized carbons (Fsp3) is 0.333. The predicted molar refractivity (Wildman–Crippen MR) is 62.6 cm³/mol. The summed E-state index contributed by atoms with van der Waals surface area (Å²) >= 11 is 0. The van der Waals surface area contributed by atoms with E-state index in [0.717, 1.165) is 11.3 Å². The second-order valence-corrected chi connectivity index (χ2v) is 3.99. The van der Waals surface area contributed by atoms with E-state index in [0.29, 0.717) is 6.54 Å². The third kappa shape index (κ3) is 9.57. The van der Waals surface area contributed by atoms with Crippen LogP contribution >= 0.6 is 0 Å². The average Bonchev–Trinajstić information content (AvgIpc) is 2.17. The molecular formula is C9H15NO6S. The predicted octanol–water partition coefficient (Wildman–Crippen LogP) is 0.452. The van der Waals surface area contributed by atoms with E-state index in [9.17, 15) is 0 Å². The minimum atomic E-state index is -4.67. The van der Waals surface area contributed by atoms with E-state index in [4.69, 9.17) is 27.7 Å². The summed E-state index contributed by atoms with van der Waals surface area (Å²) in [6, 6.07) is 5.11. The van der Waals surface area contributed by atoms with Gasteiger partial charge in [-0.05, 0) is 18.6 Å². The Kier molecular flexibility index (Phi) is 6.51. The molecule has 0 saturated heterocycles. The molecule has 0 amide bonds. The SMILES string of the molecule is Cc1ccc(O)cc1NCCO.O=S(=O)(O)O. The van der Waals surface area contributed by atoms with Gasteiger partial charge in [0, 0.05) is 18.3 Å². The van der Waals surface area contributed by atoms with Crippen LogP contribution < -0.4 is 5.32 Å². The Morgan fingerprint density at radius 2 is 1.82 bits per heavy atom. The van der Waals surface area contributed by atoms with Gasteiger partial charge in [0.15, 0.2) is 0 Å². The van der Waals surface area contributed by atoms with Crippen LogP contribution in [0, 0.1) is 6.92 Å². The Labute approximate surface area is 99.3 Å². The average molecular weight is 265 g/mol. The van der Waals surface area contributed by atoms with Gasteiger partial charge in [-0.25, -0.2) is 0 Å². The maximum Gasteiger partial charge on any atom is 0.394 e. The molecule has 0 spiro atoms. The number of phenols is 1. The molecule has 0 aromatic heterocycles. The van der Waals surface area contributed by atoms with Crippen LogP contribution in [0.1, 0.15) is 5.56 Å². The zero-order valence-electron chi connectivity index (χ0n) is 9.16. The van der Waals surface area contributed by atoms with Gasteiger partial charge in [-0.3, -0.25) is 9.11 Å². The first-order valence-electron chi connectivity index (χ1n) is 4.58. The quantitative estimate of drug-likeness (QED) is 0.502. The minimum Gasteiger partial charge on any atom is -0.508 e. The van der Waals surface area contributed by atoms with Crippen LogP contribution in [0.3, 0.4) is 0 Å². The molecule has 1 aromatic carbocycles. The Hall–Kier alpha value is -1.35. The molecule has 0 radical (unpaired) electrons. The number of hydrogen-bond acceptors (Lipinski definition) is 5. The number of anilines is 1. The second-order valence-electron chi connectivity index (χ2n) is 3.10. The highest BCUT2D eigenvalue weighted by Crippen LogP contribution is 2.20. The number of phenolic OH excluding ortho intramolecular Hbond substituents is 1. The maximum absolute atomic E-state index is 9.13. The van der Waals surface area contributed by atoms with E-state index in [-0.39, 0.29) is 12.4 Å². The molecule has 0 bridgehead atoms. The summed E-state index contributed by atoms with van der Waals surface area (Å²) in [4.78, 5) is 0. The lowest BCUT2D eigenvalue weighted by Crippen LogP contribution is -2.06. The topological polar surface area (TPSA) is 127 Å². The molecule has 0 aliphatic rings. The summed E-state index contributed by atoms with van der Waals surface area (Å²) in [6.45, 7) is 2.54. The van der Waals surface area contributed by atoms with Gasteiger partial charge in [-0.15, -0.1) is 0 Å². The number of aromatic hydroxyl groups is 1. The molecule has 98 valence electrons. The highest BCUT2D eigenvalue weighted by Gasteiger charge is 1.97. The second kappa shape index (κ2) is 7.07. The molecule has 8 heteroatoms. The van der Waals surface area contributed by atoms with Gasteiger partial charge >= 0.3 is 10.4 Å². The van der Waals surface area contributed by atoms with E-state index in [1.165, 1.54) is 0 Å². The summed E-state index contributed by atoms with van der Waals surface area (Å²) in [5.41, 5.74) is 1.92. The van der Waals surface area contributed by atoms with Crippen LogP contribution in [0.5, 0.6) is 5.75 Å². The van der Waals surface area contributed by atoms with Crippen molar-refractivity contribution in [3.8, 4) is 5.75 Å².